The second-order valence-electron chi connectivity index (χ2n) is 10.3. The molecule has 0 amide bonds. The van der Waals surface area contributed by atoms with Gasteiger partial charge in [0.2, 0.25) is 11.3 Å². The van der Waals surface area contributed by atoms with E-state index in [4.69, 9.17) is 15.2 Å². The molecule has 2 aliphatic rings. The minimum absolute atomic E-state index is 0.0737. The van der Waals surface area contributed by atoms with Crippen molar-refractivity contribution in [3.05, 3.63) is 70.4 Å². The fourth-order valence-electron chi connectivity index (χ4n) is 5.57. The monoisotopic (exact) mass is 528 g/mol. The Hall–Kier alpha value is -4.25. The highest BCUT2D eigenvalue weighted by molar-refractivity contribution is 5.81. The first-order chi connectivity index (χ1) is 19.0. The summed E-state index contributed by atoms with van der Waals surface area (Å²) >= 11 is 0. The van der Waals surface area contributed by atoms with E-state index in [9.17, 15) is 4.79 Å². The number of ether oxygens (including phenoxy) is 2. The standard InChI is InChI=1S/C28H32N8O3/c1-18-17-39-23-12-32-33-26-27(23)36(18)15-20(28(26)37)14-35(13-19-7-8-30-25(10-19)38-2)22-4-3-9-34(16-22)21-5-6-24(29)31-11-21/h5-8,10-12,15,18,22H,3-4,9,13-14,16-17H2,1-2H3,(H2,29,31)/t18?,22-/m0/s1. The Morgan fingerprint density at radius 2 is 2.10 bits per heavy atom. The summed E-state index contributed by atoms with van der Waals surface area (Å²) in [7, 11) is 1.62. The Bertz CT molecular complexity index is 1540. The molecule has 0 aromatic carbocycles. The van der Waals surface area contributed by atoms with Gasteiger partial charge in [0.05, 0.1) is 31.2 Å². The van der Waals surface area contributed by atoms with Crippen LogP contribution in [0.25, 0.3) is 11.0 Å². The van der Waals surface area contributed by atoms with E-state index in [0.717, 1.165) is 37.2 Å². The van der Waals surface area contributed by atoms with Gasteiger partial charge in [-0.2, -0.15) is 5.10 Å². The number of nitrogens with two attached hydrogens (primary N) is 1. The predicted octanol–water partition coefficient (Wildman–Crippen LogP) is 2.80. The summed E-state index contributed by atoms with van der Waals surface area (Å²) in [5, 5.41) is 8.28. The van der Waals surface area contributed by atoms with Gasteiger partial charge in [-0.1, -0.05) is 0 Å². The van der Waals surface area contributed by atoms with Crippen LogP contribution >= 0.6 is 0 Å². The molecule has 0 bridgehead atoms. The number of nitrogen functional groups attached to an aromatic ring is 1. The topological polar surface area (TPSA) is 125 Å². The van der Waals surface area contributed by atoms with E-state index in [-0.39, 0.29) is 17.5 Å². The second-order valence-corrected chi connectivity index (χ2v) is 10.3. The second kappa shape index (κ2) is 10.5. The zero-order valence-corrected chi connectivity index (χ0v) is 22.2. The van der Waals surface area contributed by atoms with Crippen LogP contribution in [0, 0.1) is 0 Å². The number of piperidine rings is 1. The zero-order valence-electron chi connectivity index (χ0n) is 22.2. The third kappa shape index (κ3) is 4.97. The van der Waals surface area contributed by atoms with E-state index in [1.54, 1.807) is 19.5 Å². The van der Waals surface area contributed by atoms with Crippen LogP contribution < -0.4 is 25.5 Å². The predicted molar refractivity (Wildman–Crippen MR) is 148 cm³/mol. The minimum Gasteiger partial charge on any atom is -0.487 e. The van der Waals surface area contributed by atoms with Crippen LogP contribution in [-0.4, -0.2) is 62.5 Å². The first-order valence-electron chi connectivity index (χ1n) is 13.2. The van der Waals surface area contributed by atoms with Gasteiger partial charge in [0.15, 0.2) is 11.3 Å². The molecule has 2 aliphatic heterocycles. The Morgan fingerprint density at radius 3 is 2.92 bits per heavy atom. The highest BCUT2D eigenvalue weighted by Crippen LogP contribution is 2.30. The molecule has 2 atom stereocenters. The molecule has 0 saturated carbocycles. The molecular weight excluding hydrogens is 496 g/mol. The number of nitrogens with zero attached hydrogens (tertiary/aromatic N) is 7. The summed E-state index contributed by atoms with van der Waals surface area (Å²) in [4.78, 5) is 27.0. The van der Waals surface area contributed by atoms with Crippen molar-refractivity contribution in [3.63, 3.8) is 0 Å². The molecule has 6 heterocycles. The smallest absolute Gasteiger partial charge is 0.214 e. The molecule has 2 N–H and O–H groups in total. The number of methoxy groups -OCH3 is 1. The molecule has 0 spiro atoms. The van der Waals surface area contributed by atoms with Crippen LogP contribution in [0.2, 0.25) is 0 Å². The molecule has 1 fully saturated rings. The van der Waals surface area contributed by atoms with Gasteiger partial charge in [-0.3, -0.25) is 9.69 Å². The summed E-state index contributed by atoms with van der Waals surface area (Å²) in [5.41, 5.74) is 9.58. The first-order valence-corrected chi connectivity index (χ1v) is 13.2. The lowest BCUT2D eigenvalue weighted by atomic mass is 10.0. The number of pyridine rings is 3. The Balaban J connectivity index is 1.36. The highest BCUT2D eigenvalue weighted by atomic mass is 16.5. The van der Waals surface area contributed by atoms with Gasteiger partial charge in [0.25, 0.3) is 0 Å². The molecule has 11 heteroatoms. The maximum Gasteiger partial charge on any atom is 0.214 e. The third-order valence-electron chi connectivity index (χ3n) is 7.62. The number of rotatable bonds is 7. The number of anilines is 2. The first kappa shape index (κ1) is 25.1. The van der Waals surface area contributed by atoms with Crippen molar-refractivity contribution in [2.45, 2.75) is 44.9 Å². The van der Waals surface area contributed by atoms with Crippen LogP contribution in [-0.2, 0) is 13.1 Å². The SMILES string of the molecule is COc1cc(CN(Cc2cn3c4c(cnnc4c2=O)OCC3C)[C@H]2CCCN(c3ccc(N)nc3)C2)ccn1. The quantitative estimate of drug-likeness (QED) is 0.383. The van der Waals surface area contributed by atoms with Crippen molar-refractivity contribution in [2.75, 3.05) is 37.4 Å². The third-order valence-corrected chi connectivity index (χ3v) is 7.62. The molecule has 0 radical (unpaired) electrons. The Labute approximate surface area is 226 Å². The maximum atomic E-state index is 13.7. The van der Waals surface area contributed by atoms with E-state index in [1.807, 2.05) is 36.7 Å². The fourth-order valence-corrected chi connectivity index (χ4v) is 5.57. The van der Waals surface area contributed by atoms with Gasteiger partial charge in [-0.25, -0.2) is 9.97 Å². The van der Waals surface area contributed by atoms with E-state index < -0.39 is 0 Å². The number of hydrogen-bond donors (Lipinski definition) is 1. The van der Waals surface area contributed by atoms with Gasteiger partial charge in [0, 0.05) is 56.2 Å². The molecule has 0 aliphatic carbocycles. The van der Waals surface area contributed by atoms with E-state index in [0.29, 0.717) is 53.7 Å². The summed E-state index contributed by atoms with van der Waals surface area (Å²) in [5.74, 6) is 1.67. The molecule has 39 heavy (non-hydrogen) atoms. The molecule has 6 rings (SSSR count). The zero-order chi connectivity index (χ0) is 26.9. The van der Waals surface area contributed by atoms with Crippen molar-refractivity contribution in [2.24, 2.45) is 0 Å². The Kier molecular flexibility index (Phi) is 6.74. The summed E-state index contributed by atoms with van der Waals surface area (Å²) in [6.45, 7) is 5.46. The molecule has 4 aromatic heterocycles. The minimum atomic E-state index is -0.110. The normalized spacial score (nSPS) is 18.8. The fraction of sp³-hybridized carbons (Fsp3) is 0.393. The molecule has 11 nitrogen and oxygen atoms in total. The van der Waals surface area contributed by atoms with E-state index in [1.165, 1.54) is 0 Å². The lowest BCUT2D eigenvalue weighted by molar-refractivity contribution is 0.157. The van der Waals surface area contributed by atoms with Crippen molar-refractivity contribution in [1.29, 1.82) is 0 Å². The van der Waals surface area contributed by atoms with Crippen molar-refractivity contribution in [3.8, 4) is 11.6 Å². The molecule has 1 unspecified atom stereocenters. The largest absolute Gasteiger partial charge is 0.487 e. The van der Waals surface area contributed by atoms with Crippen molar-refractivity contribution >= 4 is 22.5 Å². The van der Waals surface area contributed by atoms with Crippen LogP contribution in [0.3, 0.4) is 0 Å². The summed E-state index contributed by atoms with van der Waals surface area (Å²) in [6, 6.07) is 8.07. The number of hydrogen-bond acceptors (Lipinski definition) is 10. The van der Waals surface area contributed by atoms with Crippen molar-refractivity contribution in [1.82, 2.24) is 29.6 Å². The molecule has 4 aromatic rings. The number of aromatic nitrogens is 5. The molecule has 1 saturated heterocycles. The van der Waals surface area contributed by atoms with Crippen molar-refractivity contribution < 1.29 is 9.47 Å². The van der Waals surface area contributed by atoms with Gasteiger partial charge in [0.1, 0.15) is 17.9 Å². The van der Waals surface area contributed by atoms with Crippen LogP contribution in [0.5, 0.6) is 11.6 Å². The summed E-state index contributed by atoms with van der Waals surface area (Å²) < 4.78 is 13.3. The van der Waals surface area contributed by atoms with Crippen LogP contribution in [0.15, 0.2) is 53.8 Å². The van der Waals surface area contributed by atoms with Gasteiger partial charge < -0.3 is 24.7 Å². The van der Waals surface area contributed by atoms with Gasteiger partial charge in [-0.15, -0.1) is 5.10 Å². The summed E-state index contributed by atoms with van der Waals surface area (Å²) in [6.07, 6.45) is 9.18. The van der Waals surface area contributed by atoms with Gasteiger partial charge in [-0.05, 0) is 43.5 Å². The van der Waals surface area contributed by atoms with Crippen LogP contribution in [0.1, 0.15) is 36.9 Å². The lowest BCUT2D eigenvalue weighted by Gasteiger charge is -2.40. The van der Waals surface area contributed by atoms with E-state index >= 15 is 0 Å². The molecule has 202 valence electrons. The average molecular weight is 529 g/mol. The van der Waals surface area contributed by atoms with E-state index in [2.05, 4.69) is 41.5 Å². The lowest BCUT2D eigenvalue weighted by Crippen LogP contribution is -2.48. The average Bonchev–Trinajstić information content (AvgIpc) is 2.97. The maximum absolute atomic E-state index is 13.7. The highest BCUT2D eigenvalue weighted by Gasteiger charge is 2.29. The van der Waals surface area contributed by atoms with Crippen LogP contribution in [0.4, 0.5) is 11.5 Å². The molecular formula is C28H32N8O3. The Morgan fingerprint density at radius 1 is 1.21 bits per heavy atom. The van der Waals surface area contributed by atoms with Gasteiger partial charge >= 0.3 is 0 Å².